The van der Waals surface area contributed by atoms with Gasteiger partial charge in [-0.05, 0) is 20.4 Å². The van der Waals surface area contributed by atoms with Crippen LogP contribution in [0, 0.1) is 0 Å². The Hall–Kier alpha value is -0.160. The van der Waals surface area contributed by atoms with Crippen LogP contribution in [-0.4, -0.2) is 42.1 Å². The van der Waals surface area contributed by atoms with Crippen molar-refractivity contribution < 1.29 is 10.2 Å². The molecule has 0 aliphatic heterocycles. The van der Waals surface area contributed by atoms with E-state index in [1.165, 1.54) is 0 Å². The van der Waals surface area contributed by atoms with Crippen molar-refractivity contribution in [3.8, 4) is 0 Å². The summed E-state index contributed by atoms with van der Waals surface area (Å²) in [6, 6.07) is 0. The van der Waals surface area contributed by atoms with Gasteiger partial charge in [0.25, 0.3) is 0 Å². The molecule has 0 spiro atoms. The Morgan fingerprint density at radius 3 is 1.83 bits per heavy atom. The summed E-state index contributed by atoms with van der Waals surface area (Å²) in [5, 5.41) is 19.4. The van der Waals surface area contributed by atoms with Crippen molar-refractivity contribution in [3.05, 3.63) is 0 Å². The topological polar surface area (TPSA) is 78.5 Å². The van der Waals surface area contributed by atoms with Crippen LogP contribution in [0.4, 0.5) is 0 Å². The average Bonchev–Trinajstić information content (AvgIpc) is 2.01. The van der Waals surface area contributed by atoms with Gasteiger partial charge in [-0.25, -0.2) is 0 Å². The highest BCUT2D eigenvalue weighted by Gasteiger charge is 2.05. The normalized spacial score (nSPS) is 10.5. The van der Waals surface area contributed by atoms with Gasteiger partial charge >= 0.3 is 0 Å². The van der Waals surface area contributed by atoms with E-state index in [4.69, 9.17) is 15.9 Å². The summed E-state index contributed by atoms with van der Waals surface area (Å²) >= 11 is 0. The molecule has 0 aromatic carbocycles. The number of likely N-dealkylation sites (N-methyl/N-ethyl adjacent to an activating group) is 1. The second kappa shape index (κ2) is 8.93. The maximum absolute atomic E-state index is 8.28. The van der Waals surface area contributed by atoms with Gasteiger partial charge in [-0.15, -0.1) is 0 Å². The van der Waals surface area contributed by atoms with Gasteiger partial charge in [0, 0.05) is 12.1 Å². The van der Waals surface area contributed by atoms with E-state index >= 15 is 0 Å². The van der Waals surface area contributed by atoms with Crippen molar-refractivity contribution in [2.75, 3.05) is 26.3 Å². The smallest absolute Gasteiger partial charge is 0.0605 e. The lowest BCUT2D eigenvalue weighted by atomic mass is 10.1. The van der Waals surface area contributed by atoms with Crippen LogP contribution < -0.4 is 11.1 Å². The third-order valence-corrected chi connectivity index (χ3v) is 0.946. The molecule has 0 saturated carbocycles. The molecule has 5 N–H and O–H groups in total. The minimum Gasteiger partial charge on any atom is -0.395 e. The molecule has 0 saturated heterocycles. The standard InChI is InChI=1S/2C4H11NO/c1-4(2,5)3-6;1-2-5-3-4-6/h6H,3,5H2,1-2H3;5-6H,2-4H2,1H3. The Labute approximate surface area is 74.8 Å². The number of hydrogen-bond acceptors (Lipinski definition) is 4. The zero-order chi connectivity index (χ0) is 10.0. The SMILES string of the molecule is CC(C)(N)CO.CCNCCO. The van der Waals surface area contributed by atoms with Crippen molar-refractivity contribution in [3.63, 3.8) is 0 Å². The first-order valence-electron chi connectivity index (χ1n) is 4.19. The molecule has 0 aliphatic rings. The summed E-state index contributed by atoms with van der Waals surface area (Å²) in [7, 11) is 0. The van der Waals surface area contributed by atoms with Gasteiger partial charge < -0.3 is 21.3 Å². The first-order chi connectivity index (χ1) is 5.47. The number of aliphatic hydroxyl groups excluding tert-OH is 2. The van der Waals surface area contributed by atoms with Crippen LogP contribution in [0.2, 0.25) is 0 Å². The molecular weight excluding hydrogens is 156 g/mol. The minimum atomic E-state index is -0.403. The van der Waals surface area contributed by atoms with Crippen LogP contribution in [0.3, 0.4) is 0 Å². The van der Waals surface area contributed by atoms with Gasteiger partial charge in [-0.2, -0.15) is 0 Å². The first-order valence-corrected chi connectivity index (χ1v) is 4.19. The molecule has 0 amide bonds. The zero-order valence-electron chi connectivity index (χ0n) is 8.30. The summed E-state index contributed by atoms with van der Waals surface area (Å²) in [5.74, 6) is 0. The van der Waals surface area contributed by atoms with Crippen molar-refractivity contribution >= 4 is 0 Å². The Bertz CT molecular complexity index is 77.6. The van der Waals surface area contributed by atoms with Crippen molar-refractivity contribution in [2.24, 2.45) is 5.73 Å². The number of hydrogen-bond donors (Lipinski definition) is 4. The average molecular weight is 178 g/mol. The quantitative estimate of drug-likeness (QED) is 0.429. The van der Waals surface area contributed by atoms with Gasteiger partial charge in [0.05, 0.1) is 13.2 Å². The maximum atomic E-state index is 8.28. The van der Waals surface area contributed by atoms with Crippen LogP contribution in [0.5, 0.6) is 0 Å². The minimum absolute atomic E-state index is 0.0486. The van der Waals surface area contributed by atoms with Crippen LogP contribution in [-0.2, 0) is 0 Å². The van der Waals surface area contributed by atoms with Crippen molar-refractivity contribution in [1.29, 1.82) is 0 Å². The molecule has 0 aromatic heterocycles. The van der Waals surface area contributed by atoms with E-state index in [0.717, 1.165) is 13.1 Å². The molecule has 0 radical (unpaired) electrons. The lowest BCUT2D eigenvalue weighted by Gasteiger charge is -2.12. The highest BCUT2D eigenvalue weighted by Crippen LogP contribution is 1.89. The van der Waals surface area contributed by atoms with Crippen LogP contribution in [0.25, 0.3) is 0 Å². The highest BCUT2D eigenvalue weighted by molar-refractivity contribution is 4.67. The zero-order valence-corrected chi connectivity index (χ0v) is 8.30. The summed E-state index contributed by atoms with van der Waals surface area (Å²) < 4.78 is 0. The fourth-order valence-corrected chi connectivity index (χ4v) is 0.256. The van der Waals surface area contributed by atoms with E-state index in [-0.39, 0.29) is 13.2 Å². The fourth-order valence-electron chi connectivity index (χ4n) is 0.256. The fraction of sp³-hybridized carbons (Fsp3) is 1.00. The molecule has 0 rings (SSSR count). The molecule has 0 atom stereocenters. The predicted molar refractivity (Wildman–Crippen MR) is 51.0 cm³/mol. The summed E-state index contributed by atoms with van der Waals surface area (Å²) in [6.07, 6.45) is 0. The Balaban J connectivity index is 0. The predicted octanol–water partition coefficient (Wildman–Crippen LogP) is -0.696. The van der Waals surface area contributed by atoms with Crippen LogP contribution in [0.1, 0.15) is 20.8 Å². The molecule has 0 heterocycles. The van der Waals surface area contributed by atoms with E-state index in [2.05, 4.69) is 5.32 Å². The van der Waals surface area contributed by atoms with E-state index in [0.29, 0.717) is 0 Å². The summed E-state index contributed by atoms with van der Waals surface area (Å²) in [4.78, 5) is 0. The van der Waals surface area contributed by atoms with E-state index in [1.54, 1.807) is 13.8 Å². The molecule has 0 fully saturated rings. The van der Waals surface area contributed by atoms with Crippen molar-refractivity contribution in [1.82, 2.24) is 5.32 Å². The van der Waals surface area contributed by atoms with Gasteiger partial charge in [-0.1, -0.05) is 6.92 Å². The third-order valence-electron chi connectivity index (χ3n) is 0.946. The number of nitrogens with two attached hydrogens (primary N) is 1. The second-order valence-corrected chi connectivity index (χ2v) is 3.22. The Morgan fingerprint density at radius 1 is 1.33 bits per heavy atom. The molecule has 12 heavy (non-hydrogen) atoms. The first kappa shape index (κ1) is 14.4. The molecule has 76 valence electrons. The maximum Gasteiger partial charge on any atom is 0.0605 e. The third kappa shape index (κ3) is 22.5. The van der Waals surface area contributed by atoms with Crippen LogP contribution >= 0.6 is 0 Å². The largest absolute Gasteiger partial charge is 0.395 e. The molecule has 4 heteroatoms. The van der Waals surface area contributed by atoms with Crippen molar-refractivity contribution in [2.45, 2.75) is 26.3 Å². The Kier molecular flexibility index (Phi) is 10.7. The lowest BCUT2D eigenvalue weighted by Crippen LogP contribution is -2.35. The monoisotopic (exact) mass is 178 g/mol. The van der Waals surface area contributed by atoms with E-state index in [1.807, 2.05) is 6.92 Å². The second-order valence-electron chi connectivity index (χ2n) is 3.22. The summed E-state index contributed by atoms with van der Waals surface area (Å²) in [5.41, 5.74) is 4.88. The van der Waals surface area contributed by atoms with Crippen LogP contribution in [0.15, 0.2) is 0 Å². The summed E-state index contributed by atoms with van der Waals surface area (Å²) in [6.45, 7) is 7.51. The molecule has 0 aliphatic carbocycles. The highest BCUT2D eigenvalue weighted by atomic mass is 16.3. The number of nitrogens with one attached hydrogen (secondary N) is 1. The molecule has 0 bridgehead atoms. The number of rotatable bonds is 4. The van der Waals surface area contributed by atoms with Gasteiger partial charge in [0.15, 0.2) is 0 Å². The van der Waals surface area contributed by atoms with E-state index < -0.39 is 5.54 Å². The van der Waals surface area contributed by atoms with Gasteiger partial charge in [-0.3, -0.25) is 0 Å². The molecule has 0 aromatic rings. The number of aliphatic hydroxyl groups is 2. The van der Waals surface area contributed by atoms with Gasteiger partial charge in [0.2, 0.25) is 0 Å². The Morgan fingerprint density at radius 2 is 1.75 bits per heavy atom. The molecule has 0 unspecified atom stereocenters. The molecular formula is C8H22N2O2. The van der Waals surface area contributed by atoms with Gasteiger partial charge in [0.1, 0.15) is 0 Å². The molecule has 4 nitrogen and oxygen atoms in total. The van der Waals surface area contributed by atoms with E-state index in [9.17, 15) is 0 Å². The lowest BCUT2D eigenvalue weighted by molar-refractivity contribution is 0.221.